The van der Waals surface area contributed by atoms with Crippen molar-refractivity contribution in [1.82, 2.24) is 15.1 Å². The van der Waals surface area contributed by atoms with Gasteiger partial charge in [0.2, 0.25) is 0 Å². The summed E-state index contributed by atoms with van der Waals surface area (Å²) < 4.78 is 3.29. The molecule has 1 saturated carbocycles. The first-order valence-corrected chi connectivity index (χ1v) is 6.79. The van der Waals surface area contributed by atoms with Crippen molar-refractivity contribution in [3.05, 3.63) is 16.4 Å². The monoisotopic (exact) mass is 285 g/mol. The predicted octanol–water partition coefficient (Wildman–Crippen LogP) is 2.70. The second-order valence-corrected chi connectivity index (χ2v) is 5.80. The van der Waals surface area contributed by atoms with Crippen molar-refractivity contribution >= 4 is 15.9 Å². The van der Waals surface area contributed by atoms with E-state index in [2.05, 4.69) is 51.9 Å². The molecular formula is C12H20BrN3. The Morgan fingerprint density at radius 3 is 3.00 bits per heavy atom. The first-order valence-electron chi connectivity index (χ1n) is 6.00. The summed E-state index contributed by atoms with van der Waals surface area (Å²) >= 11 is 3.64. The zero-order valence-electron chi connectivity index (χ0n) is 10.3. The van der Waals surface area contributed by atoms with Crippen molar-refractivity contribution in [2.24, 2.45) is 0 Å². The number of hydrogen-bond donors (Lipinski definition) is 1. The summed E-state index contributed by atoms with van der Waals surface area (Å²) in [5.74, 6) is 0. The largest absolute Gasteiger partial charge is 0.317 e. The van der Waals surface area contributed by atoms with Gasteiger partial charge in [-0.3, -0.25) is 4.68 Å². The van der Waals surface area contributed by atoms with Crippen LogP contribution in [0.5, 0.6) is 0 Å². The third kappa shape index (κ3) is 1.93. The van der Waals surface area contributed by atoms with Crippen LogP contribution in [0, 0.1) is 0 Å². The van der Waals surface area contributed by atoms with Crippen molar-refractivity contribution < 1.29 is 0 Å². The highest BCUT2D eigenvalue weighted by Gasteiger charge is 2.39. The normalized spacial score (nSPS) is 29.9. The molecule has 2 unspecified atom stereocenters. The fourth-order valence-electron chi connectivity index (χ4n) is 2.90. The SMILES string of the molecule is CCn1ncc(Br)c1C1(C)CCC(NC)C1. The van der Waals surface area contributed by atoms with Gasteiger partial charge in [-0.25, -0.2) is 0 Å². The van der Waals surface area contributed by atoms with Gasteiger partial charge in [-0.2, -0.15) is 5.10 Å². The molecule has 1 aromatic heterocycles. The summed E-state index contributed by atoms with van der Waals surface area (Å²) in [4.78, 5) is 0. The molecule has 90 valence electrons. The molecule has 0 aliphatic heterocycles. The minimum atomic E-state index is 0.263. The minimum absolute atomic E-state index is 0.263. The van der Waals surface area contributed by atoms with E-state index >= 15 is 0 Å². The Bertz CT molecular complexity index is 374. The summed E-state index contributed by atoms with van der Waals surface area (Å²) in [6, 6.07) is 0.650. The lowest BCUT2D eigenvalue weighted by atomic mass is 9.84. The summed E-state index contributed by atoms with van der Waals surface area (Å²) in [6.45, 7) is 5.45. The third-order valence-electron chi connectivity index (χ3n) is 3.82. The van der Waals surface area contributed by atoms with Crippen molar-refractivity contribution in [3.8, 4) is 0 Å². The number of rotatable bonds is 3. The number of hydrogen-bond acceptors (Lipinski definition) is 2. The van der Waals surface area contributed by atoms with Gasteiger partial charge in [0, 0.05) is 18.0 Å². The molecule has 0 radical (unpaired) electrons. The van der Waals surface area contributed by atoms with Crippen molar-refractivity contribution in [2.75, 3.05) is 7.05 Å². The highest BCUT2D eigenvalue weighted by Crippen LogP contribution is 2.43. The molecule has 4 heteroatoms. The molecule has 0 bridgehead atoms. The Morgan fingerprint density at radius 1 is 1.69 bits per heavy atom. The van der Waals surface area contributed by atoms with Crippen LogP contribution in [0.1, 0.15) is 38.8 Å². The molecule has 1 aliphatic carbocycles. The average molecular weight is 286 g/mol. The maximum atomic E-state index is 4.42. The highest BCUT2D eigenvalue weighted by molar-refractivity contribution is 9.10. The van der Waals surface area contributed by atoms with E-state index in [1.165, 1.54) is 25.0 Å². The quantitative estimate of drug-likeness (QED) is 0.926. The van der Waals surface area contributed by atoms with Gasteiger partial charge in [0.05, 0.1) is 16.4 Å². The highest BCUT2D eigenvalue weighted by atomic mass is 79.9. The third-order valence-corrected chi connectivity index (χ3v) is 4.40. The number of aromatic nitrogens is 2. The maximum Gasteiger partial charge on any atom is 0.0635 e. The fourth-order valence-corrected chi connectivity index (χ4v) is 3.68. The number of aryl methyl sites for hydroxylation is 1. The smallest absolute Gasteiger partial charge is 0.0635 e. The van der Waals surface area contributed by atoms with Gasteiger partial charge in [0.15, 0.2) is 0 Å². The zero-order valence-corrected chi connectivity index (χ0v) is 11.8. The Kier molecular flexibility index (Phi) is 3.40. The van der Waals surface area contributed by atoms with Crippen LogP contribution >= 0.6 is 15.9 Å². The van der Waals surface area contributed by atoms with Gasteiger partial charge in [0.1, 0.15) is 0 Å². The van der Waals surface area contributed by atoms with Crippen LogP contribution in [0.3, 0.4) is 0 Å². The second-order valence-electron chi connectivity index (χ2n) is 4.95. The summed E-state index contributed by atoms with van der Waals surface area (Å²) in [6.07, 6.45) is 5.63. The van der Waals surface area contributed by atoms with Crippen molar-refractivity contribution in [2.45, 2.75) is 51.1 Å². The number of nitrogens with zero attached hydrogens (tertiary/aromatic N) is 2. The molecule has 0 amide bonds. The van der Waals surface area contributed by atoms with E-state index in [1.807, 2.05) is 6.20 Å². The van der Waals surface area contributed by atoms with E-state index < -0.39 is 0 Å². The Balaban J connectivity index is 2.32. The van der Waals surface area contributed by atoms with Crippen LogP contribution in [0.2, 0.25) is 0 Å². The van der Waals surface area contributed by atoms with E-state index in [0.717, 1.165) is 11.0 Å². The van der Waals surface area contributed by atoms with Gasteiger partial charge >= 0.3 is 0 Å². The predicted molar refractivity (Wildman–Crippen MR) is 69.7 cm³/mol. The van der Waals surface area contributed by atoms with E-state index in [9.17, 15) is 0 Å². The van der Waals surface area contributed by atoms with Crippen LogP contribution in [0.15, 0.2) is 10.7 Å². The number of halogens is 1. The van der Waals surface area contributed by atoms with Gasteiger partial charge < -0.3 is 5.32 Å². The van der Waals surface area contributed by atoms with Crippen LogP contribution in [0.4, 0.5) is 0 Å². The maximum absolute atomic E-state index is 4.42. The Hall–Kier alpha value is -0.350. The number of nitrogens with one attached hydrogen (secondary N) is 1. The van der Waals surface area contributed by atoms with Crippen LogP contribution in [0.25, 0.3) is 0 Å². The summed E-state index contributed by atoms with van der Waals surface area (Å²) in [5.41, 5.74) is 1.63. The first-order chi connectivity index (χ1) is 7.60. The van der Waals surface area contributed by atoms with Crippen LogP contribution in [-0.2, 0) is 12.0 Å². The summed E-state index contributed by atoms with van der Waals surface area (Å²) in [5, 5.41) is 7.82. The summed E-state index contributed by atoms with van der Waals surface area (Å²) in [7, 11) is 2.06. The van der Waals surface area contributed by atoms with Crippen molar-refractivity contribution in [3.63, 3.8) is 0 Å². The molecule has 1 aromatic rings. The van der Waals surface area contributed by atoms with E-state index in [4.69, 9.17) is 0 Å². The lowest BCUT2D eigenvalue weighted by Gasteiger charge is -2.26. The van der Waals surface area contributed by atoms with E-state index in [-0.39, 0.29) is 5.41 Å². The van der Waals surface area contributed by atoms with Crippen molar-refractivity contribution in [1.29, 1.82) is 0 Å². The molecule has 1 aliphatic rings. The first kappa shape index (κ1) is 12.1. The van der Waals surface area contributed by atoms with Gasteiger partial charge in [0.25, 0.3) is 0 Å². The topological polar surface area (TPSA) is 29.9 Å². The molecule has 1 N–H and O–H groups in total. The Morgan fingerprint density at radius 2 is 2.44 bits per heavy atom. The molecule has 0 spiro atoms. The average Bonchev–Trinajstić information content (AvgIpc) is 2.82. The Labute approximate surface area is 106 Å². The molecule has 16 heavy (non-hydrogen) atoms. The van der Waals surface area contributed by atoms with Crippen LogP contribution < -0.4 is 5.32 Å². The lowest BCUT2D eigenvalue weighted by molar-refractivity contribution is 0.419. The molecule has 0 saturated heterocycles. The molecule has 1 fully saturated rings. The fraction of sp³-hybridized carbons (Fsp3) is 0.750. The molecule has 3 nitrogen and oxygen atoms in total. The van der Waals surface area contributed by atoms with Gasteiger partial charge in [-0.1, -0.05) is 6.92 Å². The zero-order chi connectivity index (χ0) is 11.8. The van der Waals surface area contributed by atoms with E-state index in [1.54, 1.807) is 0 Å². The van der Waals surface area contributed by atoms with Crippen LogP contribution in [-0.4, -0.2) is 22.9 Å². The minimum Gasteiger partial charge on any atom is -0.317 e. The lowest BCUT2D eigenvalue weighted by Crippen LogP contribution is -2.28. The van der Waals surface area contributed by atoms with Gasteiger partial charge in [-0.05, 0) is 49.2 Å². The molecule has 0 aromatic carbocycles. The molecule has 2 atom stereocenters. The van der Waals surface area contributed by atoms with E-state index in [0.29, 0.717) is 6.04 Å². The second kappa shape index (κ2) is 4.49. The standard InChI is InChI=1S/C12H20BrN3/c1-4-16-11(10(13)8-15-16)12(2)6-5-9(7-12)14-3/h8-9,14H,4-7H2,1-3H3. The van der Waals surface area contributed by atoms with Gasteiger partial charge in [-0.15, -0.1) is 0 Å². The molecule has 1 heterocycles. The molecule has 2 rings (SSSR count). The molecular weight excluding hydrogens is 266 g/mol.